The predicted octanol–water partition coefficient (Wildman–Crippen LogP) is 1.45. The minimum Gasteiger partial charge on any atom is -0.444 e. The van der Waals surface area contributed by atoms with Crippen molar-refractivity contribution in [2.24, 2.45) is 0 Å². The van der Waals surface area contributed by atoms with Crippen LogP contribution in [0.1, 0.15) is 40.5 Å². The Kier molecular flexibility index (Phi) is 4.06. The van der Waals surface area contributed by atoms with Gasteiger partial charge in [0.2, 0.25) is 0 Å². The summed E-state index contributed by atoms with van der Waals surface area (Å²) in [5, 5.41) is 9.48. The summed E-state index contributed by atoms with van der Waals surface area (Å²) in [6.07, 6.45) is 1.59. The minimum absolute atomic E-state index is 0.184. The third-order valence-electron chi connectivity index (χ3n) is 3.68. The molecule has 2 fully saturated rings. The molecule has 2 saturated heterocycles. The van der Waals surface area contributed by atoms with Gasteiger partial charge < -0.3 is 9.84 Å². The lowest BCUT2D eigenvalue weighted by Gasteiger charge is -2.41. The maximum Gasteiger partial charge on any atom is 0.410 e. The fourth-order valence-electron chi connectivity index (χ4n) is 3.13. The molecule has 0 radical (unpaired) electrons. The van der Waals surface area contributed by atoms with E-state index in [0.29, 0.717) is 6.54 Å². The zero-order chi connectivity index (χ0) is 14.2. The molecular formula is C14H26N2O3. The van der Waals surface area contributed by atoms with Crippen molar-refractivity contribution >= 4 is 6.09 Å². The van der Waals surface area contributed by atoms with Crippen molar-refractivity contribution in [3.8, 4) is 0 Å². The van der Waals surface area contributed by atoms with Crippen LogP contribution in [0.25, 0.3) is 0 Å². The number of β-amino-alcohol motifs (C(OH)–C–C–N with tert-alkyl or cyclic N) is 1. The normalized spacial score (nSPS) is 29.4. The van der Waals surface area contributed by atoms with Crippen LogP contribution in [0, 0.1) is 0 Å². The average Bonchev–Trinajstić information content (AvgIpc) is 2.47. The van der Waals surface area contributed by atoms with Crippen LogP contribution in [0.5, 0.6) is 0 Å². The number of aliphatic hydroxyl groups excluding tert-OH is 1. The number of amides is 1. The van der Waals surface area contributed by atoms with Crippen LogP contribution in [0.3, 0.4) is 0 Å². The number of ether oxygens (including phenoxy) is 1. The molecule has 0 aromatic rings. The van der Waals surface area contributed by atoms with E-state index >= 15 is 0 Å². The molecule has 2 heterocycles. The number of likely N-dealkylation sites (tertiary alicyclic amines) is 1. The Morgan fingerprint density at radius 1 is 1.32 bits per heavy atom. The molecule has 0 aromatic heterocycles. The third-order valence-corrected chi connectivity index (χ3v) is 3.68. The molecule has 5 nitrogen and oxygen atoms in total. The van der Waals surface area contributed by atoms with Crippen LogP contribution in [0.4, 0.5) is 4.79 Å². The van der Waals surface area contributed by atoms with Crippen molar-refractivity contribution in [2.45, 2.75) is 64.3 Å². The molecule has 0 saturated carbocycles. The number of carbonyl (C=O) groups excluding carboxylic acids is 1. The number of piperazine rings is 1. The highest BCUT2D eigenvalue weighted by molar-refractivity contribution is 5.69. The summed E-state index contributed by atoms with van der Waals surface area (Å²) in [5.41, 5.74) is -0.437. The highest BCUT2D eigenvalue weighted by Crippen LogP contribution is 2.31. The first-order valence-electron chi connectivity index (χ1n) is 7.18. The number of hydrogen-bond acceptors (Lipinski definition) is 4. The summed E-state index contributed by atoms with van der Waals surface area (Å²) in [5.74, 6) is 0. The molecule has 5 heteroatoms. The molecule has 2 aliphatic rings. The van der Waals surface area contributed by atoms with E-state index in [1.165, 1.54) is 0 Å². The quantitative estimate of drug-likeness (QED) is 0.825. The summed E-state index contributed by atoms with van der Waals surface area (Å²) in [7, 11) is 0. The molecule has 110 valence electrons. The second-order valence-electron chi connectivity index (χ2n) is 6.84. The van der Waals surface area contributed by atoms with Gasteiger partial charge in [-0.1, -0.05) is 0 Å². The maximum atomic E-state index is 12.2. The first kappa shape index (κ1) is 14.6. The summed E-state index contributed by atoms with van der Waals surface area (Å²) in [4.78, 5) is 16.4. The Labute approximate surface area is 115 Å². The van der Waals surface area contributed by atoms with Gasteiger partial charge >= 0.3 is 6.09 Å². The zero-order valence-corrected chi connectivity index (χ0v) is 12.4. The van der Waals surface area contributed by atoms with Gasteiger partial charge in [0.25, 0.3) is 0 Å². The van der Waals surface area contributed by atoms with E-state index in [1.54, 1.807) is 0 Å². The van der Waals surface area contributed by atoms with Gasteiger partial charge in [0.15, 0.2) is 0 Å². The molecule has 1 N–H and O–H groups in total. The molecule has 19 heavy (non-hydrogen) atoms. The highest BCUT2D eigenvalue weighted by Gasteiger charge is 2.44. The van der Waals surface area contributed by atoms with Crippen LogP contribution in [0.15, 0.2) is 0 Å². The summed E-state index contributed by atoms with van der Waals surface area (Å²) in [6.45, 7) is 9.89. The Morgan fingerprint density at radius 2 is 1.84 bits per heavy atom. The van der Waals surface area contributed by atoms with E-state index in [2.05, 4.69) is 4.90 Å². The van der Waals surface area contributed by atoms with Gasteiger partial charge in [-0.25, -0.2) is 4.79 Å². The van der Waals surface area contributed by atoms with Crippen molar-refractivity contribution in [3.63, 3.8) is 0 Å². The Hall–Kier alpha value is -0.810. The number of hydrogen-bond donors (Lipinski definition) is 1. The first-order valence-corrected chi connectivity index (χ1v) is 7.18. The molecule has 0 spiro atoms. The van der Waals surface area contributed by atoms with Crippen molar-refractivity contribution in [2.75, 3.05) is 19.6 Å². The summed E-state index contributed by atoms with van der Waals surface area (Å²) in [6, 6.07) is 0.486. The molecule has 1 amide bonds. The number of carbonyl (C=O) groups is 1. The maximum absolute atomic E-state index is 12.2. The summed E-state index contributed by atoms with van der Waals surface area (Å²) >= 11 is 0. The lowest BCUT2D eigenvalue weighted by molar-refractivity contribution is -0.00929. The third kappa shape index (κ3) is 3.60. The molecule has 0 aromatic carbocycles. The van der Waals surface area contributed by atoms with Crippen molar-refractivity contribution in [3.05, 3.63) is 0 Å². The second kappa shape index (κ2) is 5.29. The van der Waals surface area contributed by atoms with E-state index in [-0.39, 0.29) is 24.3 Å². The first-order chi connectivity index (χ1) is 8.76. The standard InChI is InChI=1S/C14H26N2O3/c1-10(17)7-15-8-11-5-6-12(9-15)16(11)13(18)19-14(2,3)4/h10-12,17H,5-9H2,1-4H3. The molecule has 0 aliphatic carbocycles. The Balaban J connectivity index is 1.97. The highest BCUT2D eigenvalue weighted by atomic mass is 16.6. The molecule has 2 aliphatic heterocycles. The van der Waals surface area contributed by atoms with Gasteiger partial charge in [0, 0.05) is 31.7 Å². The predicted molar refractivity (Wildman–Crippen MR) is 73.0 cm³/mol. The van der Waals surface area contributed by atoms with E-state index in [1.807, 2.05) is 32.6 Å². The van der Waals surface area contributed by atoms with Crippen molar-refractivity contribution in [1.29, 1.82) is 0 Å². The van der Waals surface area contributed by atoms with E-state index in [0.717, 1.165) is 25.9 Å². The largest absolute Gasteiger partial charge is 0.444 e. The smallest absolute Gasteiger partial charge is 0.410 e. The number of rotatable bonds is 2. The molecular weight excluding hydrogens is 244 g/mol. The van der Waals surface area contributed by atoms with Crippen molar-refractivity contribution in [1.82, 2.24) is 9.80 Å². The topological polar surface area (TPSA) is 53.0 Å². The lowest BCUT2D eigenvalue weighted by Crippen LogP contribution is -2.57. The van der Waals surface area contributed by atoms with Gasteiger partial charge in [-0.15, -0.1) is 0 Å². The SMILES string of the molecule is CC(O)CN1CC2CCC(C1)N2C(=O)OC(C)(C)C. The molecule has 3 atom stereocenters. The molecule has 2 rings (SSSR count). The number of nitrogens with zero attached hydrogens (tertiary/aromatic N) is 2. The van der Waals surface area contributed by atoms with Crippen LogP contribution in [-0.4, -0.2) is 64.4 Å². The lowest BCUT2D eigenvalue weighted by atomic mass is 10.1. The van der Waals surface area contributed by atoms with Gasteiger partial charge in [-0.3, -0.25) is 9.80 Å². The fraction of sp³-hybridized carbons (Fsp3) is 0.929. The monoisotopic (exact) mass is 270 g/mol. The average molecular weight is 270 g/mol. The molecule has 2 bridgehead atoms. The second-order valence-corrected chi connectivity index (χ2v) is 6.84. The van der Waals surface area contributed by atoms with Crippen LogP contribution >= 0.6 is 0 Å². The molecule has 3 unspecified atom stereocenters. The van der Waals surface area contributed by atoms with Gasteiger partial charge in [-0.05, 0) is 40.5 Å². The fourth-order valence-corrected chi connectivity index (χ4v) is 3.13. The van der Waals surface area contributed by atoms with Crippen LogP contribution in [0.2, 0.25) is 0 Å². The van der Waals surface area contributed by atoms with E-state index < -0.39 is 5.60 Å². The summed E-state index contributed by atoms with van der Waals surface area (Å²) < 4.78 is 5.49. The van der Waals surface area contributed by atoms with E-state index in [9.17, 15) is 9.90 Å². The van der Waals surface area contributed by atoms with Gasteiger partial charge in [0.05, 0.1) is 6.10 Å². The van der Waals surface area contributed by atoms with Crippen molar-refractivity contribution < 1.29 is 14.6 Å². The van der Waals surface area contributed by atoms with Gasteiger partial charge in [-0.2, -0.15) is 0 Å². The number of fused-ring (bicyclic) bond motifs is 2. The van der Waals surface area contributed by atoms with Crippen LogP contribution < -0.4 is 0 Å². The van der Waals surface area contributed by atoms with Crippen LogP contribution in [-0.2, 0) is 4.74 Å². The van der Waals surface area contributed by atoms with E-state index in [4.69, 9.17) is 4.74 Å². The minimum atomic E-state index is -0.437. The van der Waals surface area contributed by atoms with Gasteiger partial charge in [0.1, 0.15) is 5.60 Å². The Morgan fingerprint density at radius 3 is 2.26 bits per heavy atom. The Bertz CT molecular complexity index is 324. The number of aliphatic hydroxyl groups is 1. The zero-order valence-electron chi connectivity index (χ0n) is 12.4.